The van der Waals surface area contributed by atoms with Crippen LogP contribution in [0.15, 0.2) is 61.1 Å². The minimum absolute atomic E-state index is 0.0825. The van der Waals surface area contributed by atoms with E-state index in [9.17, 15) is 9.18 Å². The van der Waals surface area contributed by atoms with Crippen LogP contribution in [0.25, 0.3) is 6.08 Å². The zero-order valence-electron chi connectivity index (χ0n) is 20.8. The first-order valence-electron chi connectivity index (χ1n) is 12.3. The molecule has 1 amide bonds. The number of ether oxygens (including phenoxy) is 2. The Balaban J connectivity index is 1.35. The van der Waals surface area contributed by atoms with Gasteiger partial charge in [0.15, 0.2) is 0 Å². The molecule has 0 spiro atoms. The predicted molar refractivity (Wildman–Crippen MR) is 141 cm³/mol. The molecule has 0 bridgehead atoms. The van der Waals surface area contributed by atoms with Crippen LogP contribution in [0.2, 0.25) is 0 Å². The number of aromatic nitrogens is 2. The summed E-state index contributed by atoms with van der Waals surface area (Å²) in [7, 11) is 1.58. The number of hydrogen-bond donors (Lipinski definition) is 2. The van der Waals surface area contributed by atoms with Gasteiger partial charge in [-0.05, 0) is 61.4 Å². The average molecular weight is 503 g/mol. The number of hydrogen-bond acceptors (Lipinski definition) is 5. The largest absolute Gasteiger partial charge is 0.496 e. The van der Waals surface area contributed by atoms with Crippen LogP contribution >= 0.6 is 0 Å². The van der Waals surface area contributed by atoms with Crippen LogP contribution in [0.5, 0.6) is 11.5 Å². The topological polar surface area (TPSA) is 79.5 Å². The van der Waals surface area contributed by atoms with Gasteiger partial charge in [0.25, 0.3) is 0 Å². The fourth-order valence-corrected chi connectivity index (χ4v) is 4.42. The Morgan fingerprint density at radius 1 is 1.30 bits per heavy atom. The lowest BCUT2D eigenvalue weighted by molar-refractivity contribution is -0.117. The van der Waals surface area contributed by atoms with Gasteiger partial charge in [-0.15, -0.1) is 6.42 Å². The number of amides is 1. The van der Waals surface area contributed by atoms with Gasteiger partial charge in [0.1, 0.15) is 23.4 Å². The van der Waals surface area contributed by atoms with Crippen molar-refractivity contribution < 1.29 is 18.7 Å². The summed E-state index contributed by atoms with van der Waals surface area (Å²) in [5, 5.41) is 3.13. The number of carbonyl (C=O) groups excluding carboxylic acids is 1. The van der Waals surface area contributed by atoms with Crippen LogP contribution < -0.4 is 14.8 Å². The number of likely N-dealkylation sites (tertiary alicyclic amines) is 1. The Bertz CT molecular complexity index is 1230. The summed E-state index contributed by atoms with van der Waals surface area (Å²) in [5.74, 6) is 3.44. The van der Waals surface area contributed by atoms with Crippen molar-refractivity contribution in [3.63, 3.8) is 0 Å². The molecule has 1 aliphatic rings. The van der Waals surface area contributed by atoms with Gasteiger partial charge in [-0.3, -0.25) is 4.79 Å². The molecule has 8 heteroatoms. The zero-order chi connectivity index (χ0) is 26.0. The van der Waals surface area contributed by atoms with E-state index in [1.165, 1.54) is 18.2 Å². The molecule has 2 heterocycles. The van der Waals surface area contributed by atoms with E-state index in [2.05, 4.69) is 26.1 Å². The number of nitrogens with zero attached hydrogens (tertiary/aromatic N) is 2. The summed E-state index contributed by atoms with van der Waals surface area (Å²) in [6, 6.07) is 11.4. The van der Waals surface area contributed by atoms with E-state index < -0.39 is 0 Å². The predicted octanol–water partition coefficient (Wildman–Crippen LogP) is 3.82. The Morgan fingerprint density at radius 3 is 2.76 bits per heavy atom. The third kappa shape index (κ3) is 7.69. The highest BCUT2D eigenvalue weighted by molar-refractivity contribution is 5.92. The summed E-state index contributed by atoms with van der Waals surface area (Å²) in [6.45, 7) is 2.37. The molecule has 192 valence electrons. The molecule has 3 aromatic rings. The van der Waals surface area contributed by atoms with E-state index in [0.717, 1.165) is 37.2 Å². The minimum atomic E-state index is -0.275. The first-order valence-corrected chi connectivity index (χ1v) is 12.3. The highest BCUT2D eigenvalue weighted by Gasteiger charge is 2.24. The number of aromatic amines is 1. The molecule has 0 radical (unpaired) electrons. The molecular weight excluding hydrogens is 471 g/mol. The normalized spacial score (nSPS) is 15.3. The maximum atomic E-state index is 13.1. The van der Waals surface area contributed by atoms with E-state index in [1.807, 2.05) is 6.07 Å². The average Bonchev–Trinajstić information content (AvgIpc) is 3.42. The summed E-state index contributed by atoms with van der Waals surface area (Å²) >= 11 is 0. The van der Waals surface area contributed by atoms with Crippen molar-refractivity contribution in [3.05, 3.63) is 83.7 Å². The number of benzene rings is 2. The standard InChI is InChI=1S/C29H31FN4O3/c1-3-21-4-10-28(36-2)22(16-21)5-11-29(35)33-25(17-24-18-31-20-32-24)19-34-14-12-27(13-15-34)37-26-8-6-23(30)7-9-26/h1,4-11,16,18,20,25,27H,12-15,17,19H2,2H3,(H,31,32)(H,33,35)/b11-5+/t25-/m1/s1. The van der Waals surface area contributed by atoms with Gasteiger partial charge < -0.3 is 24.7 Å². The van der Waals surface area contributed by atoms with Gasteiger partial charge in [0.05, 0.1) is 13.4 Å². The third-order valence-corrected chi connectivity index (χ3v) is 6.31. The third-order valence-electron chi connectivity index (χ3n) is 6.31. The number of imidazole rings is 1. The van der Waals surface area contributed by atoms with Crippen LogP contribution in [0.3, 0.4) is 0 Å². The molecular formula is C29H31FN4O3. The number of carbonyl (C=O) groups is 1. The van der Waals surface area contributed by atoms with Crippen molar-refractivity contribution in [2.75, 3.05) is 26.7 Å². The lowest BCUT2D eigenvalue weighted by atomic mass is 10.1. The molecule has 7 nitrogen and oxygen atoms in total. The first-order chi connectivity index (χ1) is 18.0. The number of methoxy groups -OCH3 is 1. The molecule has 1 atom stereocenters. The molecule has 37 heavy (non-hydrogen) atoms. The maximum absolute atomic E-state index is 13.1. The molecule has 1 saturated heterocycles. The minimum Gasteiger partial charge on any atom is -0.496 e. The van der Waals surface area contributed by atoms with E-state index in [1.54, 1.807) is 50.0 Å². The second-order valence-electron chi connectivity index (χ2n) is 8.99. The SMILES string of the molecule is C#Cc1ccc(OC)c(/C=C/C(=O)N[C@H](Cc2cnc[nH]2)CN2CCC(Oc3ccc(F)cc3)CC2)c1. The first kappa shape index (κ1) is 26.0. The number of piperidine rings is 1. The molecule has 0 aliphatic carbocycles. The van der Waals surface area contributed by atoms with E-state index >= 15 is 0 Å². The highest BCUT2D eigenvalue weighted by Crippen LogP contribution is 2.22. The summed E-state index contributed by atoms with van der Waals surface area (Å²) in [5.41, 5.74) is 2.40. The highest BCUT2D eigenvalue weighted by atomic mass is 19.1. The lowest BCUT2D eigenvalue weighted by Crippen LogP contribution is -2.48. The smallest absolute Gasteiger partial charge is 0.244 e. The fourth-order valence-electron chi connectivity index (χ4n) is 4.42. The van der Waals surface area contributed by atoms with E-state index in [4.69, 9.17) is 15.9 Å². The Labute approximate surface area is 216 Å². The second kappa shape index (κ2) is 12.7. The molecule has 1 fully saturated rings. The van der Waals surface area contributed by atoms with Crippen LogP contribution in [-0.2, 0) is 11.2 Å². The number of terminal acetylenes is 1. The van der Waals surface area contributed by atoms with Gasteiger partial charge >= 0.3 is 0 Å². The molecule has 2 N–H and O–H groups in total. The fraction of sp³-hybridized carbons (Fsp3) is 0.310. The molecule has 1 aromatic heterocycles. The quantitative estimate of drug-likeness (QED) is 0.326. The molecule has 2 aromatic carbocycles. The number of H-pyrrole nitrogens is 1. The molecule has 1 aliphatic heterocycles. The van der Waals surface area contributed by atoms with Gasteiger partial charge in [-0.2, -0.15) is 0 Å². The van der Waals surface area contributed by atoms with Crippen LogP contribution in [-0.4, -0.2) is 59.7 Å². The molecule has 0 saturated carbocycles. The maximum Gasteiger partial charge on any atom is 0.244 e. The van der Waals surface area contributed by atoms with Crippen LogP contribution in [0, 0.1) is 18.2 Å². The van der Waals surface area contributed by atoms with Gasteiger partial charge in [-0.25, -0.2) is 9.37 Å². The van der Waals surface area contributed by atoms with Crippen molar-refractivity contribution in [1.29, 1.82) is 0 Å². The summed E-state index contributed by atoms with van der Waals surface area (Å²) in [4.78, 5) is 22.4. The van der Waals surface area contributed by atoms with Crippen molar-refractivity contribution in [1.82, 2.24) is 20.2 Å². The number of nitrogens with one attached hydrogen (secondary N) is 2. The molecule has 0 unspecified atom stereocenters. The second-order valence-corrected chi connectivity index (χ2v) is 8.99. The van der Waals surface area contributed by atoms with Crippen molar-refractivity contribution in [2.24, 2.45) is 0 Å². The van der Waals surface area contributed by atoms with Gasteiger partial charge in [0, 0.05) is 61.2 Å². The van der Waals surface area contributed by atoms with Crippen molar-refractivity contribution >= 4 is 12.0 Å². The zero-order valence-corrected chi connectivity index (χ0v) is 20.8. The number of halogens is 1. The van der Waals surface area contributed by atoms with Crippen LogP contribution in [0.4, 0.5) is 4.39 Å². The van der Waals surface area contributed by atoms with Crippen molar-refractivity contribution in [3.8, 4) is 23.8 Å². The lowest BCUT2D eigenvalue weighted by Gasteiger charge is -2.34. The van der Waals surface area contributed by atoms with E-state index in [0.29, 0.717) is 30.0 Å². The Kier molecular flexibility index (Phi) is 8.95. The van der Waals surface area contributed by atoms with Crippen molar-refractivity contribution in [2.45, 2.75) is 31.4 Å². The van der Waals surface area contributed by atoms with Gasteiger partial charge in [0.2, 0.25) is 5.91 Å². The van der Waals surface area contributed by atoms with E-state index in [-0.39, 0.29) is 23.9 Å². The molecule has 4 rings (SSSR count). The number of rotatable bonds is 10. The summed E-state index contributed by atoms with van der Waals surface area (Å²) in [6.07, 6.45) is 14.5. The van der Waals surface area contributed by atoms with Gasteiger partial charge in [-0.1, -0.05) is 5.92 Å². The summed E-state index contributed by atoms with van der Waals surface area (Å²) < 4.78 is 24.5. The monoisotopic (exact) mass is 502 g/mol. The Morgan fingerprint density at radius 2 is 2.08 bits per heavy atom. The van der Waals surface area contributed by atoms with Crippen LogP contribution in [0.1, 0.15) is 29.7 Å². The Hall–Kier alpha value is -4.09.